The van der Waals surface area contributed by atoms with Gasteiger partial charge in [0, 0.05) is 10.6 Å². The number of benzene rings is 3. The van der Waals surface area contributed by atoms with Crippen LogP contribution in [0.3, 0.4) is 0 Å². The van der Waals surface area contributed by atoms with Gasteiger partial charge in [-0.25, -0.2) is 4.98 Å². The summed E-state index contributed by atoms with van der Waals surface area (Å²) in [6.45, 7) is 5.81. The molecular formula is C28H23ClN2O4S. The number of anilines is 1. The maximum absolute atomic E-state index is 13.5. The van der Waals surface area contributed by atoms with Gasteiger partial charge in [0.05, 0.1) is 28.9 Å². The average molecular weight is 519 g/mol. The van der Waals surface area contributed by atoms with Crippen LogP contribution >= 0.6 is 22.9 Å². The lowest BCUT2D eigenvalue weighted by Crippen LogP contribution is -2.29. The Morgan fingerprint density at radius 1 is 1.03 bits per heavy atom. The molecule has 1 N–H and O–H groups in total. The largest absolute Gasteiger partial charge is 0.507 e. The fourth-order valence-corrected chi connectivity index (χ4v) is 5.93. The van der Waals surface area contributed by atoms with Gasteiger partial charge in [0.1, 0.15) is 11.5 Å². The van der Waals surface area contributed by atoms with E-state index >= 15 is 0 Å². The summed E-state index contributed by atoms with van der Waals surface area (Å²) < 4.78 is 6.24. The number of ketones is 1. The van der Waals surface area contributed by atoms with Gasteiger partial charge in [-0.1, -0.05) is 41.1 Å². The highest BCUT2D eigenvalue weighted by Crippen LogP contribution is 2.45. The zero-order chi connectivity index (χ0) is 25.7. The summed E-state index contributed by atoms with van der Waals surface area (Å²) >= 11 is 7.47. The summed E-state index contributed by atoms with van der Waals surface area (Å²) in [5.74, 6) is -1.11. The van der Waals surface area contributed by atoms with Crippen molar-refractivity contribution >= 4 is 55.7 Å². The summed E-state index contributed by atoms with van der Waals surface area (Å²) in [7, 11) is 1.56. The predicted molar refractivity (Wildman–Crippen MR) is 143 cm³/mol. The second kappa shape index (κ2) is 9.08. The number of aliphatic hydroxyl groups excluding tert-OH is 1. The van der Waals surface area contributed by atoms with Crippen molar-refractivity contribution in [2.24, 2.45) is 0 Å². The number of hydrogen-bond acceptors (Lipinski definition) is 6. The molecule has 0 radical (unpaired) electrons. The van der Waals surface area contributed by atoms with Gasteiger partial charge >= 0.3 is 5.91 Å². The van der Waals surface area contributed by atoms with Crippen molar-refractivity contribution in [2.45, 2.75) is 26.8 Å². The maximum Gasteiger partial charge on any atom is 0.301 e. The highest BCUT2D eigenvalue weighted by atomic mass is 35.5. The number of thiazole rings is 1. The van der Waals surface area contributed by atoms with Crippen molar-refractivity contribution < 1.29 is 19.4 Å². The first-order chi connectivity index (χ1) is 17.2. The molecule has 0 aliphatic carbocycles. The molecule has 0 bridgehead atoms. The lowest BCUT2D eigenvalue weighted by molar-refractivity contribution is -0.132. The Morgan fingerprint density at radius 3 is 2.42 bits per heavy atom. The number of Topliss-reactive ketones (excluding diaryl/α,β-unsaturated/α-hetero) is 1. The minimum Gasteiger partial charge on any atom is -0.507 e. The molecule has 5 rings (SSSR count). The van der Waals surface area contributed by atoms with Gasteiger partial charge in [-0.2, -0.15) is 0 Å². The Labute approximate surface area is 217 Å². The maximum atomic E-state index is 13.5. The van der Waals surface area contributed by atoms with E-state index in [9.17, 15) is 14.7 Å². The molecule has 1 atom stereocenters. The Balaban J connectivity index is 1.73. The molecule has 6 nitrogen and oxygen atoms in total. The van der Waals surface area contributed by atoms with Gasteiger partial charge in [-0.15, -0.1) is 0 Å². The van der Waals surface area contributed by atoms with E-state index in [1.165, 1.54) is 16.2 Å². The highest BCUT2D eigenvalue weighted by molar-refractivity contribution is 7.22. The van der Waals surface area contributed by atoms with Gasteiger partial charge in [-0.05, 0) is 79.4 Å². The summed E-state index contributed by atoms with van der Waals surface area (Å²) in [6.07, 6.45) is 0. The molecule has 2 heterocycles. The molecule has 0 unspecified atom stereocenters. The van der Waals surface area contributed by atoms with Crippen LogP contribution < -0.4 is 9.64 Å². The third-order valence-corrected chi connectivity index (χ3v) is 7.58. The molecule has 1 amide bonds. The van der Waals surface area contributed by atoms with Crippen LogP contribution in [0.4, 0.5) is 5.13 Å². The second-order valence-electron chi connectivity index (χ2n) is 8.83. The number of nitrogens with zero attached hydrogens (tertiary/aromatic N) is 2. The van der Waals surface area contributed by atoms with Crippen LogP contribution in [0.25, 0.3) is 16.0 Å². The minimum absolute atomic E-state index is 0.000882. The number of carbonyl (C=O) groups is 2. The van der Waals surface area contributed by atoms with Crippen LogP contribution in [0.5, 0.6) is 5.75 Å². The van der Waals surface area contributed by atoms with Gasteiger partial charge < -0.3 is 9.84 Å². The number of aliphatic hydroxyl groups is 1. The first-order valence-corrected chi connectivity index (χ1v) is 12.5. The number of aromatic nitrogens is 1. The first kappa shape index (κ1) is 24.0. The third-order valence-electron chi connectivity index (χ3n) is 6.32. The fraction of sp³-hybridized carbons (Fsp3) is 0.179. The van der Waals surface area contributed by atoms with E-state index < -0.39 is 17.7 Å². The van der Waals surface area contributed by atoms with Crippen LogP contribution in [0, 0.1) is 20.8 Å². The standard InChI is InChI=1S/C28H23ClN2O4S/c1-14-11-16(3)23-21(12-14)36-28(30-23)31-24(17-5-8-19(29)9-6-17)22(26(33)27(31)34)25(32)18-7-10-20(35-4)15(2)13-18/h5-13,24,32H,1-4H3/b25-22+/t24-/m0/s1. The Morgan fingerprint density at radius 2 is 1.75 bits per heavy atom. The van der Waals surface area contributed by atoms with E-state index in [1.54, 1.807) is 49.6 Å². The molecule has 3 aromatic carbocycles. The molecule has 1 saturated heterocycles. The molecule has 8 heteroatoms. The minimum atomic E-state index is -0.869. The van der Waals surface area contributed by atoms with Crippen molar-refractivity contribution in [1.29, 1.82) is 0 Å². The van der Waals surface area contributed by atoms with Crippen molar-refractivity contribution in [1.82, 2.24) is 4.98 Å². The van der Waals surface area contributed by atoms with Gasteiger partial charge in [0.25, 0.3) is 5.78 Å². The van der Waals surface area contributed by atoms with E-state index in [2.05, 4.69) is 0 Å². The number of ether oxygens (including phenoxy) is 1. The molecule has 0 spiro atoms. The SMILES string of the molecule is COc1ccc(/C(O)=C2\C(=O)C(=O)N(c3nc4c(C)cc(C)cc4s3)[C@H]2c2ccc(Cl)cc2)cc1C. The summed E-state index contributed by atoms with van der Waals surface area (Å²) in [5, 5.41) is 12.3. The zero-order valence-corrected chi connectivity index (χ0v) is 21.7. The zero-order valence-electron chi connectivity index (χ0n) is 20.1. The van der Waals surface area contributed by atoms with E-state index in [4.69, 9.17) is 21.3 Å². The molecule has 1 fully saturated rings. The molecule has 1 aliphatic heterocycles. The first-order valence-electron chi connectivity index (χ1n) is 11.3. The molecule has 182 valence electrons. The number of halogens is 1. The molecule has 0 saturated carbocycles. The second-order valence-corrected chi connectivity index (χ2v) is 10.3. The van der Waals surface area contributed by atoms with Crippen LogP contribution in [0.2, 0.25) is 5.02 Å². The van der Waals surface area contributed by atoms with E-state index in [1.807, 2.05) is 32.9 Å². The van der Waals surface area contributed by atoms with Crippen molar-refractivity contribution in [3.63, 3.8) is 0 Å². The Hall–Kier alpha value is -3.68. The quantitative estimate of drug-likeness (QED) is 0.189. The lowest BCUT2D eigenvalue weighted by atomic mass is 9.95. The van der Waals surface area contributed by atoms with Crippen LogP contribution in [-0.2, 0) is 9.59 Å². The summed E-state index contributed by atoms with van der Waals surface area (Å²) in [4.78, 5) is 33.0. The average Bonchev–Trinajstić information content (AvgIpc) is 3.38. The molecule has 1 aromatic heterocycles. The van der Waals surface area contributed by atoms with Crippen molar-refractivity contribution in [3.8, 4) is 5.75 Å². The van der Waals surface area contributed by atoms with Gasteiger partial charge in [0.2, 0.25) is 0 Å². The summed E-state index contributed by atoms with van der Waals surface area (Å²) in [5.41, 5.74) is 4.69. The monoisotopic (exact) mass is 518 g/mol. The molecule has 36 heavy (non-hydrogen) atoms. The van der Waals surface area contributed by atoms with Crippen molar-refractivity contribution in [3.05, 3.63) is 93.0 Å². The van der Waals surface area contributed by atoms with Gasteiger partial charge in [-0.3, -0.25) is 14.5 Å². The number of amides is 1. The smallest absolute Gasteiger partial charge is 0.301 e. The van der Waals surface area contributed by atoms with Crippen LogP contribution in [0.1, 0.15) is 33.9 Å². The summed E-state index contributed by atoms with van der Waals surface area (Å²) in [6, 6.07) is 15.2. The normalized spacial score (nSPS) is 17.2. The number of aryl methyl sites for hydroxylation is 3. The predicted octanol–water partition coefficient (Wildman–Crippen LogP) is 6.51. The number of hydrogen-bond donors (Lipinski definition) is 1. The number of carbonyl (C=O) groups excluding carboxylic acids is 2. The molecule has 4 aromatic rings. The Kier molecular flexibility index (Phi) is 6.06. The number of methoxy groups -OCH3 is 1. The van der Waals surface area contributed by atoms with E-state index in [-0.39, 0.29) is 11.3 Å². The van der Waals surface area contributed by atoms with Crippen molar-refractivity contribution in [2.75, 3.05) is 12.0 Å². The van der Waals surface area contributed by atoms with E-state index in [0.29, 0.717) is 27.0 Å². The van der Waals surface area contributed by atoms with Gasteiger partial charge in [0.15, 0.2) is 5.13 Å². The number of fused-ring (bicyclic) bond motifs is 1. The third kappa shape index (κ3) is 3.94. The van der Waals surface area contributed by atoms with Crippen LogP contribution in [-0.4, -0.2) is 28.9 Å². The number of rotatable bonds is 4. The topological polar surface area (TPSA) is 79.7 Å². The Bertz CT molecular complexity index is 1570. The fourth-order valence-electron chi connectivity index (χ4n) is 4.63. The molecule has 1 aliphatic rings. The van der Waals surface area contributed by atoms with Crippen LogP contribution in [0.15, 0.2) is 60.2 Å². The molecular weight excluding hydrogens is 496 g/mol. The lowest BCUT2D eigenvalue weighted by Gasteiger charge is -2.23. The highest BCUT2D eigenvalue weighted by Gasteiger charge is 2.48. The van der Waals surface area contributed by atoms with E-state index in [0.717, 1.165) is 26.9 Å².